The van der Waals surface area contributed by atoms with Crippen LogP contribution in [0.3, 0.4) is 0 Å². The molecular formula is C20H32ClIN4O2. The summed E-state index contributed by atoms with van der Waals surface area (Å²) in [6, 6.07) is 5.99. The molecule has 0 aromatic heterocycles. The Labute approximate surface area is 190 Å². The van der Waals surface area contributed by atoms with Crippen molar-refractivity contribution in [1.82, 2.24) is 16.0 Å². The van der Waals surface area contributed by atoms with Crippen LogP contribution in [0.15, 0.2) is 23.2 Å². The van der Waals surface area contributed by atoms with Crippen LogP contribution in [0.4, 0.5) is 0 Å². The second kappa shape index (κ2) is 12.4. The molecule has 1 aliphatic carbocycles. The topological polar surface area (TPSA) is 74.8 Å². The van der Waals surface area contributed by atoms with Crippen LogP contribution in [0.5, 0.6) is 5.75 Å². The molecule has 0 radical (unpaired) electrons. The minimum absolute atomic E-state index is 0. The maximum atomic E-state index is 12.3. The van der Waals surface area contributed by atoms with Gasteiger partial charge in [-0.1, -0.05) is 24.1 Å². The van der Waals surface area contributed by atoms with Crippen molar-refractivity contribution in [2.24, 2.45) is 10.9 Å². The van der Waals surface area contributed by atoms with Crippen LogP contribution >= 0.6 is 35.6 Å². The summed E-state index contributed by atoms with van der Waals surface area (Å²) in [5.74, 6) is 1.69. The van der Waals surface area contributed by atoms with Crippen LogP contribution in [0.25, 0.3) is 0 Å². The standard InChI is InChI=1S/C20H31ClN4O2.HI/c1-13(2)24-19(26)14-6-5-7-17(10-14)25-20(22-3)23-12-15-8-9-16(21)11-18(15)27-4;/h8-9,11,13-14,17H,5-7,10,12H2,1-4H3,(H,24,26)(H2,22,23,25);1H. The number of methoxy groups -OCH3 is 1. The monoisotopic (exact) mass is 522 g/mol. The van der Waals surface area contributed by atoms with Crippen molar-refractivity contribution in [3.63, 3.8) is 0 Å². The third-order valence-corrected chi connectivity index (χ3v) is 4.97. The zero-order valence-corrected chi connectivity index (χ0v) is 20.1. The van der Waals surface area contributed by atoms with Gasteiger partial charge in [0.15, 0.2) is 5.96 Å². The summed E-state index contributed by atoms with van der Waals surface area (Å²) in [5.41, 5.74) is 1.00. The highest BCUT2D eigenvalue weighted by molar-refractivity contribution is 14.0. The van der Waals surface area contributed by atoms with Gasteiger partial charge < -0.3 is 20.7 Å². The minimum atomic E-state index is 0. The van der Waals surface area contributed by atoms with E-state index in [9.17, 15) is 4.79 Å². The van der Waals surface area contributed by atoms with E-state index < -0.39 is 0 Å². The van der Waals surface area contributed by atoms with Gasteiger partial charge >= 0.3 is 0 Å². The Morgan fingerprint density at radius 3 is 2.75 bits per heavy atom. The molecular weight excluding hydrogens is 491 g/mol. The molecule has 1 saturated carbocycles. The molecule has 8 heteroatoms. The lowest BCUT2D eigenvalue weighted by Gasteiger charge is -2.30. The number of guanidine groups is 1. The predicted molar refractivity (Wildman–Crippen MR) is 126 cm³/mol. The second-order valence-electron chi connectivity index (χ2n) is 7.25. The van der Waals surface area contributed by atoms with Crippen LogP contribution in [0, 0.1) is 5.92 Å². The van der Waals surface area contributed by atoms with Gasteiger partial charge in [0.1, 0.15) is 5.75 Å². The van der Waals surface area contributed by atoms with Crippen LogP contribution in [0.1, 0.15) is 45.1 Å². The number of hydrogen-bond donors (Lipinski definition) is 3. The summed E-state index contributed by atoms with van der Waals surface area (Å²) in [5, 5.41) is 10.4. The van der Waals surface area contributed by atoms with Crippen LogP contribution in [-0.4, -0.2) is 38.1 Å². The van der Waals surface area contributed by atoms with Crippen molar-refractivity contribution in [2.75, 3.05) is 14.2 Å². The van der Waals surface area contributed by atoms with Crippen LogP contribution in [0.2, 0.25) is 5.02 Å². The molecule has 1 amide bonds. The number of rotatable bonds is 6. The van der Waals surface area contributed by atoms with Crippen molar-refractivity contribution in [1.29, 1.82) is 0 Å². The van der Waals surface area contributed by atoms with Gasteiger partial charge in [0.2, 0.25) is 5.91 Å². The van der Waals surface area contributed by atoms with Gasteiger partial charge in [-0.25, -0.2) is 0 Å². The molecule has 3 N–H and O–H groups in total. The molecule has 28 heavy (non-hydrogen) atoms. The van der Waals surface area contributed by atoms with E-state index in [4.69, 9.17) is 16.3 Å². The van der Waals surface area contributed by atoms with Gasteiger partial charge in [-0.05, 0) is 45.2 Å². The Morgan fingerprint density at radius 2 is 2.11 bits per heavy atom. The van der Waals surface area contributed by atoms with E-state index in [0.29, 0.717) is 11.6 Å². The molecule has 2 rings (SSSR count). The summed E-state index contributed by atoms with van der Waals surface area (Å²) in [4.78, 5) is 16.6. The number of nitrogens with one attached hydrogen (secondary N) is 3. The van der Waals surface area contributed by atoms with Crippen LogP contribution in [-0.2, 0) is 11.3 Å². The van der Waals surface area contributed by atoms with E-state index in [1.165, 1.54) is 0 Å². The number of halogens is 2. The Bertz CT molecular complexity index is 670. The van der Waals surface area contributed by atoms with Crippen molar-refractivity contribution in [3.8, 4) is 5.75 Å². The first kappa shape index (κ1) is 24.8. The first-order chi connectivity index (χ1) is 12.9. The van der Waals surface area contributed by atoms with E-state index in [-0.39, 0.29) is 47.9 Å². The van der Waals surface area contributed by atoms with Crippen molar-refractivity contribution in [2.45, 2.75) is 58.2 Å². The van der Waals surface area contributed by atoms with Gasteiger partial charge in [0.25, 0.3) is 0 Å². The number of carbonyl (C=O) groups is 1. The molecule has 1 fully saturated rings. The predicted octanol–water partition coefficient (Wildman–Crippen LogP) is 3.72. The summed E-state index contributed by atoms with van der Waals surface area (Å²) >= 11 is 6.02. The fourth-order valence-electron chi connectivity index (χ4n) is 3.39. The lowest BCUT2D eigenvalue weighted by molar-refractivity contribution is -0.126. The van der Waals surface area contributed by atoms with E-state index >= 15 is 0 Å². The summed E-state index contributed by atoms with van der Waals surface area (Å²) in [7, 11) is 3.38. The second-order valence-corrected chi connectivity index (χ2v) is 7.69. The molecule has 0 bridgehead atoms. The smallest absolute Gasteiger partial charge is 0.223 e. The number of benzene rings is 1. The quantitative estimate of drug-likeness (QED) is 0.302. The number of hydrogen-bond acceptors (Lipinski definition) is 3. The Balaban J connectivity index is 0.00000392. The molecule has 1 aromatic rings. The molecule has 0 saturated heterocycles. The van der Waals surface area contributed by atoms with Gasteiger partial charge in [-0.15, -0.1) is 24.0 Å². The molecule has 1 aromatic carbocycles. The SMILES string of the molecule is CN=C(NCc1ccc(Cl)cc1OC)NC1CCCC(C(=O)NC(C)C)C1.I. The maximum Gasteiger partial charge on any atom is 0.223 e. The largest absolute Gasteiger partial charge is 0.496 e. The number of nitrogens with zero attached hydrogens (tertiary/aromatic N) is 1. The zero-order chi connectivity index (χ0) is 19.8. The van der Waals surface area contributed by atoms with Gasteiger partial charge in [-0.2, -0.15) is 0 Å². The minimum Gasteiger partial charge on any atom is -0.496 e. The molecule has 2 unspecified atom stereocenters. The van der Waals surface area contributed by atoms with Crippen molar-refractivity contribution in [3.05, 3.63) is 28.8 Å². The lowest BCUT2D eigenvalue weighted by atomic mass is 9.85. The van der Waals surface area contributed by atoms with Crippen molar-refractivity contribution < 1.29 is 9.53 Å². The zero-order valence-electron chi connectivity index (χ0n) is 17.0. The van der Waals surface area contributed by atoms with Crippen molar-refractivity contribution >= 4 is 47.4 Å². The fourth-order valence-corrected chi connectivity index (χ4v) is 3.55. The van der Waals surface area contributed by atoms with Gasteiger partial charge in [0.05, 0.1) is 7.11 Å². The summed E-state index contributed by atoms with van der Waals surface area (Å²) in [6.07, 6.45) is 3.85. The molecule has 0 spiro atoms. The highest BCUT2D eigenvalue weighted by Crippen LogP contribution is 2.25. The average Bonchev–Trinajstić information content (AvgIpc) is 2.65. The maximum absolute atomic E-state index is 12.3. The fraction of sp³-hybridized carbons (Fsp3) is 0.600. The Hall–Kier alpha value is -1.22. The number of aliphatic imine (C=N–C) groups is 1. The van der Waals surface area contributed by atoms with Crippen LogP contribution < -0.4 is 20.7 Å². The molecule has 0 aliphatic heterocycles. The van der Waals surface area contributed by atoms with Gasteiger partial charge in [-0.3, -0.25) is 9.79 Å². The number of ether oxygens (including phenoxy) is 1. The molecule has 2 atom stereocenters. The van der Waals surface area contributed by atoms with E-state index in [0.717, 1.165) is 43.0 Å². The first-order valence-corrected chi connectivity index (χ1v) is 9.90. The number of amides is 1. The van der Waals surface area contributed by atoms with E-state index in [2.05, 4.69) is 20.9 Å². The lowest BCUT2D eigenvalue weighted by Crippen LogP contribution is -2.47. The van der Waals surface area contributed by atoms with Gasteiger partial charge in [0, 0.05) is 42.2 Å². The summed E-state index contributed by atoms with van der Waals surface area (Å²) in [6.45, 7) is 4.56. The van der Waals surface area contributed by atoms with E-state index in [1.807, 2.05) is 26.0 Å². The molecule has 158 valence electrons. The van der Waals surface area contributed by atoms with E-state index in [1.54, 1.807) is 20.2 Å². The third-order valence-electron chi connectivity index (χ3n) is 4.74. The molecule has 0 heterocycles. The summed E-state index contributed by atoms with van der Waals surface area (Å²) < 4.78 is 5.38. The number of carbonyl (C=O) groups excluding carboxylic acids is 1. The third kappa shape index (κ3) is 7.66. The molecule has 1 aliphatic rings. The Morgan fingerprint density at radius 1 is 1.36 bits per heavy atom. The first-order valence-electron chi connectivity index (χ1n) is 9.53. The highest BCUT2D eigenvalue weighted by atomic mass is 127. The highest BCUT2D eigenvalue weighted by Gasteiger charge is 2.28. The Kier molecular flexibility index (Phi) is 11.0. The molecule has 6 nitrogen and oxygen atoms in total. The normalized spacial score (nSPS) is 19.6. The average molecular weight is 523 g/mol.